The summed E-state index contributed by atoms with van der Waals surface area (Å²) in [4.78, 5) is 37.2. The Morgan fingerprint density at radius 3 is 2.40 bits per heavy atom. The molecule has 134 valence electrons. The van der Waals surface area contributed by atoms with Crippen molar-refractivity contribution in [3.63, 3.8) is 0 Å². The van der Waals surface area contributed by atoms with E-state index in [1.54, 1.807) is 6.92 Å². The monoisotopic (exact) mass is 360 g/mol. The molecular weight excluding hydrogens is 335 g/mol. The van der Waals surface area contributed by atoms with Crippen LogP contribution in [0.5, 0.6) is 0 Å². The van der Waals surface area contributed by atoms with Crippen LogP contribution in [0.4, 0.5) is 0 Å². The molecular formula is C17H25N2NaO5. The maximum Gasteiger partial charge on any atom is 1.00 e. The second-order valence-electron chi connectivity index (χ2n) is 5.31. The Morgan fingerprint density at radius 2 is 2.00 bits per heavy atom. The summed E-state index contributed by atoms with van der Waals surface area (Å²) >= 11 is 0. The predicted molar refractivity (Wildman–Crippen MR) is 88.7 cm³/mol. The molecule has 0 aliphatic carbocycles. The molecule has 0 aromatic heterocycles. The first-order valence-electron chi connectivity index (χ1n) is 7.81. The van der Waals surface area contributed by atoms with Gasteiger partial charge in [-0.3, -0.25) is 9.59 Å². The van der Waals surface area contributed by atoms with Crippen molar-refractivity contribution >= 4 is 23.8 Å². The molecule has 0 bridgehead atoms. The molecule has 1 heterocycles. The van der Waals surface area contributed by atoms with Crippen LogP contribution in [-0.4, -0.2) is 30.4 Å². The van der Waals surface area contributed by atoms with Gasteiger partial charge in [0.15, 0.2) is 0 Å². The van der Waals surface area contributed by atoms with E-state index in [0.29, 0.717) is 6.42 Å². The van der Waals surface area contributed by atoms with Crippen molar-refractivity contribution in [1.29, 1.82) is 0 Å². The normalized spacial score (nSPS) is 19.9. The predicted octanol–water partition coefficient (Wildman–Crippen LogP) is -1.90. The fraction of sp³-hybridized carbons (Fsp3) is 0.529. The second kappa shape index (κ2) is 12.9. The Bertz CT molecular complexity index is 533. The molecule has 1 aliphatic rings. The molecule has 0 radical (unpaired) electrons. The van der Waals surface area contributed by atoms with Crippen LogP contribution in [0.1, 0.15) is 40.0 Å². The van der Waals surface area contributed by atoms with Gasteiger partial charge in [-0.2, -0.15) is 0 Å². The second-order valence-corrected chi connectivity index (χ2v) is 5.31. The van der Waals surface area contributed by atoms with E-state index >= 15 is 0 Å². The molecule has 2 unspecified atom stereocenters. The van der Waals surface area contributed by atoms with E-state index in [9.17, 15) is 19.5 Å². The Balaban J connectivity index is 0. The number of aliphatic imine (C=N–C) groups is 1. The van der Waals surface area contributed by atoms with Gasteiger partial charge in [0.25, 0.3) is 5.91 Å². The Morgan fingerprint density at radius 1 is 1.40 bits per heavy atom. The minimum atomic E-state index is -1.15. The van der Waals surface area contributed by atoms with Gasteiger partial charge in [-0.05, 0) is 18.8 Å². The molecule has 0 saturated carbocycles. The average Bonchev–Trinajstić information content (AvgIpc) is 2.53. The van der Waals surface area contributed by atoms with Crippen LogP contribution >= 0.6 is 0 Å². The zero-order valence-electron chi connectivity index (χ0n) is 15.5. The van der Waals surface area contributed by atoms with Crippen LogP contribution in [0.3, 0.4) is 0 Å². The number of hydrogen-bond donors (Lipinski definition) is 1. The third-order valence-electron chi connectivity index (χ3n) is 3.84. The summed E-state index contributed by atoms with van der Waals surface area (Å²) < 4.78 is 4.47. The largest absolute Gasteiger partial charge is 1.00 e. The molecule has 2 atom stereocenters. The van der Waals surface area contributed by atoms with Crippen molar-refractivity contribution in [2.24, 2.45) is 16.3 Å². The van der Waals surface area contributed by atoms with Crippen molar-refractivity contribution in [2.75, 3.05) is 6.61 Å². The maximum absolute atomic E-state index is 11.9. The van der Waals surface area contributed by atoms with Crippen molar-refractivity contribution in [1.82, 2.24) is 5.32 Å². The van der Waals surface area contributed by atoms with E-state index in [2.05, 4.69) is 28.2 Å². The minimum Gasteiger partial charge on any atom is -0.846 e. The van der Waals surface area contributed by atoms with Gasteiger partial charge in [0.1, 0.15) is 12.0 Å². The smallest absolute Gasteiger partial charge is 0.846 e. The van der Waals surface area contributed by atoms with E-state index < -0.39 is 29.2 Å². The zero-order chi connectivity index (χ0) is 18.8. The maximum atomic E-state index is 11.9. The molecule has 25 heavy (non-hydrogen) atoms. The molecule has 1 aliphatic heterocycles. The standard InChI is InChI=1S/C11H18N2O3.C6H8O2.Na/c1-4-6-7(3)11(5-2)8(14)12-10(16)13-9(11)15;1-3-5-8-6(7)4-2;/h7H,4-6H2,1-3H3,(H2,12,13,14,15,16);3-4H,1-2,5H2;/q;;+1/p-1. The topological polar surface area (TPSA) is 108 Å². The summed E-state index contributed by atoms with van der Waals surface area (Å²) in [6, 6.07) is -0.845. The third kappa shape index (κ3) is 7.13. The molecule has 7 nitrogen and oxygen atoms in total. The van der Waals surface area contributed by atoms with E-state index in [4.69, 9.17) is 0 Å². The number of rotatable bonds is 7. The van der Waals surface area contributed by atoms with Crippen LogP contribution in [0.25, 0.3) is 0 Å². The van der Waals surface area contributed by atoms with E-state index in [1.807, 2.05) is 13.8 Å². The zero-order valence-corrected chi connectivity index (χ0v) is 17.5. The SMILES string of the molecule is C=CCOC(=O)C=C.CCCC(C)C1(CC)C(=O)N=C([O-])NC1=O.[Na+]. The van der Waals surface area contributed by atoms with Gasteiger partial charge in [-0.25, -0.2) is 9.79 Å². The Kier molecular flexibility index (Phi) is 13.3. The summed E-state index contributed by atoms with van der Waals surface area (Å²) in [5.74, 6) is -1.61. The molecule has 1 N–H and O–H groups in total. The summed E-state index contributed by atoms with van der Waals surface area (Å²) in [7, 11) is 0. The Labute approximate surface area is 170 Å². The summed E-state index contributed by atoms with van der Waals surface area (Å²) in [6.07, 6.45) is 4.63. The van der Waals surface area contributed by atoms with Gasteiger partial charge in [0.05, 0.1) is 6.02 Å². The number of nitrogens with one attached hydrogen (secondary N) is 1. The molecule has 0 aromatic rings. The quantitative estimate of drug-likeness (QED) is 0.188. The van der Waals surface area contributed by atoms with Gasteiger partial charge in [0, 0.05) is 6.08 Å². The molecule has 2 amide bonds. The van der Waals surface area contributed by atoms with Crippen LogP contribution in [0, 0.1) is 11.3 Å². The molecule has 8 heteroatoms. The number of ether oxygens (including phenoxy) is 1. The first-order valence-corrected chi connectivity index (χ1v) is 7.81. The number of nitrogens with zero attached hydrogens (tertiary/aromatic N) is 1. The molecule has 0 aromatic carbocycles. The van der Waals surface area contributed by atoms with Crippen LogP contribution in [0.15, 0.2) is 30.3 Å². The fourth-order valence-electron chi connectivity index (χ4n) is 2.50. The summed E-state index contributed by atoms with van der Waals surface area (Å²) in [6.45, 7) is 12.4. The number of hydrogen-bond acceptors (Lipinski definition) is 5. The number of esters is 1. The van der Waals surface area contributed by atoms with Gasteiger partial charge < -0.3 is 15.2 Å². The van der Waals surface area contributed by atoms with Crippen LogP contribution in [-0.2, 0) is 19.1 Å². The first kappa shape index (κ1) is 25.8. The van der Waals surface area contributed by atoms with Crippen molar-refractivity contribution in [3.8, 4) is 0 Å². The molecule has 0 fully saturated rings. The van der Waals surface area contributed by atoms with Gasteiger partial charge in [0.2, 0.25) is 5.91 Å². The fourth-order valence-corrected chi connectivity index (χ4v) is 2.50. The summed E-state index contributed by atoms with van der Waals surface area (Å²) in [5.41, 5.74) is -1.15. The van der Waals surface area contributed by atoms with Crippen molar-refractivity contribution < 1.29 is 53.8 Å². The average molecular weight is 360 g/mol. The van der Waals surface area contributed by atoms with E-state index in [-0.39, 0.29) is 42.1 Å². The van der Waals surface area contributed by atoms with Crippen LogP contribution < -0.4 is 40.0 Å². The first-order chi connectivity index (χ1) is 11.3. The minimum absolute atomic E-state index is 0. The number of carbonyl (C=O) groups is 3. The van der Waals surface area contributed by atoms with Crippen LogP contribution in [0.2, 0.25) is 0 Å². The molecule has 0 spiro atoms. The third-order valence-corrected chi connectivity index (χ3v) is 3.84. The number of amides is 2. The Hall–Kier alpha value is -1.44. The van der Waals surface area contributed by atoms with Crippen molar-refractivity contribution in [2.45, 2.75) is 40.0 Å². The number of carbonyl (C=O) groups excluding carboxylic acids is 3. The van der Waals surface area contributed by atoms with Gasteiger partial charge in [-0.15, -0.1) is 0 Å². The number of amidine groups is 1. The molecule has 0 saturated heterocycles. The van der Waals surface area contributed by atoms with Crippen molar-refractivity contribution in [3.05, 3.63) is 25.3 Å². The van der Waals surface area contributed by atoms with E-state index in [1.165, 1.54) is 6.08 Å². The summed E-state index contributed by atoms with van der Waals surface area (Å²) in [5, 5.41) is 13.1. The van der Waals surface area contributed by atoms with E-state index in [0.717, 1.165) is 18.9 Å². The molecule has 1 rings (SSSR count). The van der Waals surface area contributed by atoms with Gasteiger partial charge in [-0.1, -0.05) is 46.4 Å². The van der Waals surface area contributed by atoms with Gasteiger partial charge >= 0.3 is 35.5 Å².